The first-order valence-electron chi connectivity index (χ1n) is 9.75. The van der Waals surface area contributed by atoms with Crippen LogP contribution in [0.4, 0.5) is 24.7 Å². The summed E-state index contributed by atoms with van der Waals surface area (Å²) in [5.41, 5.74) is 0.624. The topological polar surface area (TPSA) is 89.5 Å². The lowest BCUT2D eigenvalue weighted by atomic mass is 10.2. The van der Waals surface area contributed by atoms with Crippen LogP contribution in [0.25, 0.3) is 11.0 Å². The normalized spacial score (nSPS) is 15.7. The monoisotopic (exact) mass is 479 g/mol. The second-order valence-electron chi connectivity index (χ2n) is 7.00. The molecule has 1 aliphatic heterocycles. The highest BCUT2D eigenvalue weighted by Crippen LogP contribution is 2.35. The van der Waals surface area contributed by atoms with Crippen molar-refractivity contribution in [3.63, 3.8) is 0 Å². The van der Waals surface area contributed by atoms with Gasteiger partial charge in [0.05, 0.1) is 17.7 Å². The van der Waals surface area contributed by atoms with Crippen LogP contribution >= 0.6 is 11.6 Å². The van der Waals surface area contributed by atoms with Gasteiger partial charge in [0.2, 0.25) is 11.8 Å². The summed E-state index contributed by atoms with van der Waals surface area (Å²) < 4.78 is 49.6. The Labute approximate surface area is 191 Å². The van der Waals surface area contributed by atoms with Crippen molar-refractivity contribution >= 4 is 40.0 Å². The number of hydrogen-bond acceptors (Lipinski definition) is 7. The van der Waals surface area contributed by atoms with E-state index in [4.69, 9.17) is 16.3 Å². The van der Waals surface area contributed by atoms with Crippen LogP contribution in [0.3, 0.4) is 0 Å². The van der Waals surface area contributed by atoms with Gasteiger partial charge in [-0.05, 0) is 24.3 Å². The molecule has 3 aromatic rings. The van der Waals surface area contributed by atoms with Gasteiger partial charge in [-0.15, -0.1) is 0 Å². The molecule has 4 rings (SSSR count). The number of benzene rings is 1. The number of nitrogens with one attached hydrogen (secondary N) is 1. The third-order valence-corrected chi connectivity index (χ3v) is 5.24. The minimum absolute atomic E-state index is 0.121. The number of amides is 1. The average Bonchev–Trinajstić information content (AvgIpc) is 3.27. The Kier molecular flexibility index (Phi) is 6.50. The van der Waals surface area contributed by atoms with Crippen molar-refractivity contribution in [2.24, 2.45) is 0 Å². The summed E-state index contributed by atoms with van der Waals surface area (Å²) in [7, 11) is 0. The maximum Gasteiger partial charge on any atom is 0.387 e. The van der Waals surface area contributed by atoms with E-state index in [2.05, 4.69) is 31.6 Å². The number of nitrogens with zero attached hydrogens (tertiary/aromatic N) is 4. The molecule has 33 heavy (non-hydrogen) atoms. The van der Waals surface area contributed by atoms with Crippen LogP contribution in [0.5, 0.6) is 11.6 Å². The number of rotatable bonds is 7. The molecule has 0 unspecified atom stereocenters. The Hall–Kier alpha value is -3.60. The van der Waals surface area contributed by atoms with Gasteiger partial charge in [-0.3, -0.25) is 4.79 Å². The molecule has 1 atom stereocenters. The quantitative estimate of drug-likeness (QED) is 0.504. The zero-order chi connectivity index (χ0) is 23.5. The Morgan fingerprint density at radius 3 is 2.88 bits per heavy atom. The van der Waals surface area contributed by atoms with Crippen molar-refractivity contribution in [3.05, 3.63) is 54.1 Å². The van der Waals surface area contributed by atoms with Crippen LogP contribution in [-0.4, -0.2) is 51.6 Å². The van der Waals surface area contributed by atoms with Gasteiger partial charge in [-0.25, -0.2) is 19.3 Å². The maximum absolute atomic E-state index is 14.6. The van der Waals surface area contributed by atoms with E-state index in [1.807, 2.05) is 0 Å². The van der Waals surface area contributed by atoms with E-state index in [-0.39, 0.29) is 34.9 Å². The standard InChI is InChI=1S/C21H17ClF3N5O3/c1-2-16(31)30-8-7-11(9-30)32-15-6-4-13-19(29-15)20(27-10-26-13)28-12-3-5-14(33-21(24)25)17(22)18(12)23/h2-6,10-11,21H,1,7-9H2,(H,26,27,28)/t11-/m0/s1. The zero-order valence-corrected chi connectivity index (χ0v) is 17.7. The zero-order valence-electron chi connectivity index (χ0n) is 17.0. The molecule has 0 aliphatic carbocycles. The van der Waals surface area contributed by atoms with Gasteiger partial charge in [-0.1, -0.05) is 18.2 Å². The van der Waals surface area contributed by atoms with Crippen LogP contribution in [0.2, 0.25) is 5.02 Å². The van der Waals surface area contributed by atoms with Gasteiger partial charge in [0.1, 0.15) is 28.7 Å². The third-order valence-electron chi connectivity index (χ3n) is 4.89. The Morgan fingerprint density at radius 2 is 2.12 bits per heavy atom. The van der Waals surface area contributed by atoms with Crippen molar-refractivity contribution in [2.75, 3.05) is 18.4 Å². The van der Waals surface area contributed by atoms with Crippen molar-refractivity contribution in [2.45, 2.75) is 19.1 Å². The summed E-state index contributed by atoms with van der Waals surface area (Å²) in [6, 6.07) is 5.60. The largest absolute Gasteiger partial charge is 0.472 e. The molecule has 0 bridgehead atoms. The molecule has 12 heteroatoms. The van der Waals surface area contributed by atoms with Crippen LogP contribution in [0.1, 0.15) is 6.42 Å². The number of fused-ring (bicyclic) bond motifs is 1. The summed E-state index contributed by atoms with van der Waals surface area (Å²) in [4.78, 5) is 26.0. The van der Waals surface area contributed by atoms with E-state index in [0.29, 0.717) is 25.0 Å². The van der Waals surface area contributed by atoms with Crippen LogP contribution < -0.4 is 14.8 Å². The summed E-state index contributed by atoms with van der Waals surface area (Å²) in [6.07, 6.45) is 2.89. The number of halogens is 4. The molecule has 172 valence electrons. The van der Waals surface area contributed by atoms with Crippen LogP contribution in [0.15, 0.2) is 43.2 Å². The second kappa shape index (κ2) is 9.49. The van der Waals surface area contributed by atoms with Crippen molar-refractivity contribution < 1.29 is 27.4 Å². The number of alkyl halides is 2. The summed E-state index contributed by atoms with van der Waals surface area (Å²) in [5, 5.41) is 2.15. The van der Waals surface area contributed by atoms with E-state index in [9.17, 15) is 18.0 Å². The van der Waals surface area contributed by atoms with Crippen LogP contribution in [0, 0.1) is 5.82 Å². The lowest BCUT2D eigenvalue weighted by Crippen LogP contribution is -2.29. The van der Waals surface area contributed by atoms with Gasteiger partial charge >= 0.3 is 6.61 Å². The lowest BCUT2D eigenvalue weighted by Gasteiger charge is -2.16. The predicted molar refractivity (Wildman–Crippen MR) is 114 cm³/mol. The summed E-state index contributed by atoms with van der Waals surface area (Å²) in [6.45, 7) is 1.28. The highest BCUT2D eigenvalue weighted by Gasteiger charge is 2.27. The molecule has 8 nitrogen and oxygen atoms in total. The minimum atomic E-state index is -3.14. The molecular weight excluding hydrogens is 463 g/mol. The van der Waals surface area contributed by atoms with Crippen molar-refractivity contribution in [1.29, 1.82) is 0 Å². The number of pyridine rings is 1. The van der Waals surface area contributed by atoms with Gasteiger partial charge < -0.3 is 19.7 Å². The van der Waals surface area contributed by atoms with Crippen molar-refractivity contribution in [3.8, 4) is 11.6 Å². The second-order valence-corrected chi connectivity index (χ2v) is 7.38. The number of likely N-dealkylation sites (tertiary alicyclic amines) is 1. The SMILES string of the molecule is C=CC(=O)N1CC[C@H](Oc2ccc3ncnc(Nc4ccc(OC(F)F)c(Cl)c4F)c3n2)C1. The van der Waals surface area contributed by atoms with Gasteiger partial charge in [-0.2, -0.15) is 8.78 Å². The van der Waals surface area contributed by atoms with Gasteiger partial charge in [0.25, 0.3) is 0 Å². The fourth-order valence-corrected chi connectivity index (χ4v) is 3.56. The number of anilines is 2. The number of aromatic nitrogens is 3. The Morgan fingerprint density at radius 1 is 1.30 bits per heavy atom. The lowest BCUT2D eigenvalue weighted by molar-refractivity contribution is -0.125. The van der Waals surface area contributed by atoms with E-state index in [1.54, 1.807) is 17.0 Å². The molecule has 0 saturated carbocycles. The number of carbonyl (C=O) groups excluding carboxylic acids is 1. The number of ether oxygens (including phenoxy) is 2. The molecular formula is C21H17ClF3N5O3. The molecule has 2 aromatic heterocycles. The van der Waals surface area contributed by atoms with Crippen molar-refractivity contribution in [1.82, 2.24) is 19.9 Å². The van der Waals surface area contributed by atoms with E-state index in [1.165, 1.54) is 18.5 Å². The molecule has 1 aromatic carbocycles. The first kappa shape index (κ1) is 22.6. The molecule has 0 radical (unpaired) electrons. The van der Waals surface area contributed by atoms with Crippen LogP contribution in [-0.2, 0) is 4.79 Å². The molecule has 1 saturated heterocycles. The predicted octanol–water partition coefficient (Wildman–Crippen LogP) is 4.33. The highest BCUT2D eigenvalue weighted by atomic mass is 35.5. The molecule has 1 amide bonds. The highest BCUT2D eigenvalue weighted by molar-refractivity contribution is 6.32. The molecule has 0 spiro atoms. The Balaban J connectivity index is 1.57. The molecule has 1 fully saturated rings. The summed E-state index contributed by atoms with van der Waals surface area (Å²) >= 11 is 5.82. The smallest absolute Gasteiger partial charge is 0.387 e. The first-order valence-corrected chi connectivity index (χ1v) is 10.1. The van der Waals surface area contributed by atoms with E-state index < -0.39 is 23.2 Å². The molecule has 1 aliphatic rings. The third kappa shape index (κ3) is 4.92. The van der Waals surface area contributed by atoms with Gasteiger partial charge in [0, 0.05) is 19.0 Å². The van der Waals surface area contributed by atoms with Gasteiger partial charge in [0.15, 0.2) is 11.6 Å². The first-order chi connectivity index (χ1) is 15.9. The van der Waals surface area contributed by atoms with E-state index >= 15 is 0 Å². The maximum atomic E-state index is 14.6. The fraction of sp³-hybridized carbons (Fsp3) is 0.238. The van der Waals surface area contributed by atoms with E-state index in [0.717, 1.165) is 6.07 Å². The number of hydrogen-bond donors (Lipinski definition) is 1. The summed E-state index contributed by atoms with van der Waals surface area (Å²) in [5.74, 6) is -1.23. The molecule has 3 heterocycles. The number of carbonyl (C=O) groups is 1. The fourth-order valence-electron chi connectivity index (χ4n) is 3.35. The molecule has 1 N–H and O–H groups in total. The average molecular weight is 480 g/mol. The minimum Gasteiger partial charge on any atom is -0.472 e. The Bertz CT molecular complexity index is 1210.